The van der Waals surface area contributed by atoms with Crippen molar-refractivity contribution < 1.29 is 19.0 Å². The zero-order valence-corrected chi connectivity index (χ0v) is 26.1. The predicted octanol–water partition coefficient (Wildman–Crippen LogP) is 9.59. The molecule has 1 aliphatic carbocycles. The molecule has 0 saturated heterocycles. The number of ether oxygens (including phenoxy) is 3. The highest BCUT2D eigenvalue weighted by atomic mass is 16.5. The quantitative estimate of drug-likeness (QED) is 0.0928. The van der Waals surface area contributed by atoms with Gasteiger partial charge in [0.1, 0.15) is 36.7 Å². The summed E-state index contributed by atoms with van der Waals surface area (Å²) in [5.74, 6) is 2.41. The number of unbranched alkanes of at least 4 members (excludes halogenated alkanes) is 3. The molecule has 228 valence electrons. The molecule has 0 spiro atoms. The largest absolute Gasteiger partial charge is 0.494 e. The minimum absolute atomic E-state index is 0.402. The van der Waals surface area contributed by atoms with Gasteiger partial charge in [0.15, 0.2) is 0 Å². The van der Waals surface area contributed by atoms with Crippen LogP contribution in [0.2, 0.25) is 0 Å². The van der Waals surface area contributed by atoms with Crippen LogP contribution in [-0.2, 0) is 5.41 Å². The summed E-state index contributed by atoms with van der Waals surface area (Å²) in [4.78, 5) is 10.9. The number of hydrogen-bond acceptors (Lipinski definition) is 4. The molecule has 5 aromatic rings. The van der Waals surface area contributed by atoms with E-state index < -0.39 is 5.41 Å². The number of aryl methyl sites for hydroxylation is 1. The first kappa shape index (κ1) is 30.2. The summed E-state index contributed by atoms with van der Waals surface area (Å²) in [6.45, 7) is 5.95. The highest BCUT2D eigenvalue weighted by molar-refractivity contribution is 5.86. The normalized spacial score (nSPS) is 14.8. The smallest absolute Gasteiger partial charge is 0.150 e. The minimum Gasteiger partial charge on any atom is -0.494 e. The fourth-order valence-electron chi connectivity index (χ4n) is 6.46. The van der Waals surface area contributed by atoms with Gasteiger partial charge in [0.2, 0.25) is 0 Å². The molecule has 0 amide bonds. The molecule has 0 saturated carbocycles. The zero-order chi connectivity index (χ0) is 31.1. The number of fused-ring (bicyclic) bond motifs is 3. The highest BCUT2D eigenvalue weighted by Gasteiger charge is 2.46. The van der Waals surface area contributed by atoms with Gasteiger partial charge in [0, 0.05) is 5.56 Å². The van der Waals surface area contributed by atoms with E-state index in [0.717, 1.165) is 30.8 Å². The third-order valence-electron chi connectivity index (χ3n) is 8.68. The molecule has 6 rings (SSSR count). The standard InChI is InChI=1S/C41H40O4/c1-3-4-5-8-25-43-35-20-14-32(15-21-35)41(39-10-7-6-9-37(39)38-24-11-30(2)28-40(38)41)33-16-22-36(23-17-33)45-27-26-44-34-18-12-31(29-42)13-19-34/h6-7,9-24,28-29H,3-5,8,25-27H2,1-2H3. The van der Waals surface area contributed by atoms with Crippen molar-refractivity contribution in [1.82, 2.24) is 0 Å². The van der Waals surface area contributed by atoms with Gasteiger partial charge in [-0.15, -0.1) is 0 Å². The van der Waals surface area contributed by atoms with Gasteiger partial charge in [0.05, 0.1) is 12.0 Å². The molecule has 1 unspecified atom stereocenters. The van der Waals surface area contributed by atoms with Crippen molar-refractivity contribution in [2.45, 2.75) is 44.9 Å². The monoisotopic (exact) mass is 596 g/mol. The Hall–Kier alpha value is -4.83. The van der Waals surface area contributed by atoms with Crippen LogP contribution in [0.4, 0.5) is 0 Å². The fraction of sp³-hybridized carbons (Fsp3) is 0.244. The molecule has 4 heteroatoms. The Morgan fingerprint density at radius 3 is 1.73 bits per heavy atom. The lowest BCUT2D eigenvalue weighted by Gasteiger charge is -2.34. The first-order valence-corrected chi connectivity index (χ1v) is 16.0. The van der Waals surface area contributed by atoms with Crippen molar-refractivity contribution >= 4 is 6.29 Å². The molecule has 0 bridgehead atoms. The van der Waals surface area contributed by atoms with Gasteiger partial charge in [-0.2, -0.15) is 0 Å². The van der Waals surface area contributed by atoms with Crippen LogP contribution >= 0.6 is 0 Å². The van der Waals surface area contributed by atoms with Crippen molar-refractivity contribution in [1.29, 1.82) is 0 Å². The molecule has 45 heavy (non-hydrogen) atoms. The van der Waals surface area contributed by atoms with E-state index in [9.17, 15) is 4.79 Å². The summed E-state index contributed by atoms with van der Waals surface area (Å²) in [7, 11) is 0. The maximum Gasteiger partial charge on any atom is 0.150 e. The maximum absolute atomic E-state index is 10.9. The molecule has 0 heterocycles. The molecular formula is C41H40O4. The second-order valence-corrected chi connectivity index (χ2v) is 11.7. The van der Waals surface area contributed by atoms with E-state index in [-0.39, 0.29) is 0 Å². The summed E-state index contributed by atoms with van der Waals surface area (Å²) in [5, 5.41) is 0. The Bertz CT molecular complexity index is 1720. The summed E-state index contributed by atoms with van der Waals surface area (Å²) in [6.07, 6.45) is 5.57. The third-order valence-corrected chi connectivity index (χ3v) is 8.68. The van der Waals surface area contributed by atoms with Crippen LogP contribution < -0.4 is 14.2 Å². The topological polar surface area (TPSA) is 44.8 Å². The molecule has 0 aromatic heterocycles. The number of carbonyl (C=O) groups excluding carboxylic acids is 1. The van der Waals surface area contributed by atoms with E-state index in [4.69, 9.17) is 14.2 Å². The van der Waals surface area contributed by atoms with Crippen LogP contribution in [0, 0.1) is 6.92 Å². The number of hydrogen-bond donors (Lipinski definition) is 0. The predicted molar refractivity (Wildman–Crippen MR) is 181 cm³/mol. The molecule has 1 atom stereocenters. The van der Waals surface area contributed by atoms with Gasteiger partial charge in [-0.1, -0.05) is 98.5 Å². The first-order chi connectivity index (χ1) is 22.1. The van der Waals surface area contributed by atoms with Crippen LogP contribution in [0.25, 0.3) is 11.1 Å². The summed E-state index contributed by atoms with van der Waals surface area (Å²) in [5.41, 5.74) is 8.88. The van der Waals surface area contributed by atoms with E-state index in [0.29, 0.717) is 24.5 Å². The number of benzene rings is 5. The van der Waals surface area contributed by atoms with Crippen molar-refractivity contribution in [2.24, 2.45) is 0 Å². The van der Waals surface area contributed by atoms with Crippen LogP contribution in [0.15, 0.2) is 115 Å². The Morgan fingerprint density at radius 2 is 1.13 bits per heavy atom. The van der Waals surface area contributed by atoms with Gasteiger partial charge >= 0.3 is 0 Å². The second-order valence-electron chi connectivity index (χ2n) is 11.7. The number of rotatable bonds is 14. The van der Waals surface area contributed by atoms with Gasteiger partial charge in [0.25, 0.3) is 0 Å². The molecule has 0 radical (unpaired) electrons. The molecule has 0 N–H and O–H groups in total. The van der Waals surface area contributed by atoms with Crippen LogP contribution in [0.1, 0.15) is 70.8 Å². The number of carbonyl (C=O) groups is 1. The molecule has 1 aliphatic rings. The summed E-state index contributed by atoms with van der Waals surface area (Å²) < 4.78 is 18.0. The lowest BCUT2D eigenvalue weighted by molar-refractivity contribution is 0.112. The lowest BCUT2D eigenvalue weighted by atomic mass is 9.67. The molecule has 0 aliphatic heterocycles. The van der Waals surface area contributed by atoms with E-state index >= 15 is 0 Å². The van der Waals surface area contributed by atoms with Gasteiger partial charge in [-0.25, -0.2) is 0 Å². The Labute approximate surface area is 266 Å². The minimum atomic E-state index is -0.479. The van der Waals surface area contributed by atoms with Crippen molar-refractivity contribution in [3.05, 3.63) is 149 Å². The zero-order valence-electron chi connectivity index (χ0n) is 26.1. The lowest BCUT2D eigenvalue weighted by Crippen LogP contribution is -2.28. The van der Waals surface area contributed by atoms with E-state index in [2.05, 4.69) is 105 Å². The van der Waals surface area contributed by atoms with Gasteiger partial charge in [-0.3, -0.25) is 4.79 Å². The average molecular weight is 597 g/mol. The van der Waals surface area contributed by atoms with E-state index in [1.165, 1.54) is 58.2 Å². The first-order valence-electron chi connectivity index (χ1n) is 16.0. The summed E-state index contributed by atoms with van der Waals surface area (Å²) in [6, 6.07) is 39.9. The van der Waals surface area contributed by atoms with Crippen LogP contribution in [0.5, 0.6) is 17.2 Å². The molecule has 0 fully saturated rings. The highest BCUT2D eigenvalue weighted by Crippen LogP contribution is 2.56. The van der Waals surface area contributed by atoms with E-state index in [1.807, 2.05) is 0 Å². The summed E-state index contributed by atoms with van der Waals surface area (Å²) >= 11 is 0. The Balaban J connectivity index is 1.28. The Morgan fingerprint density at radius 1 is 0.578 bits per heavy atom. The Kier molecular flexibility index (Phi) is 9.30. The molecule has 5 aromatic carbocycles. The molecule has 4 nitrogen and oxygen atoms in total. The average Bonchev–Trinajstić information content (AvgIpc) is 3.37. The second kappa shape index (κ2) is 13.9. The van der Waals surface area contributed by atoms with Crippen LogP contribution in [-0.4, -0.2) is 26.1 Å². The fourth-order valence-corrected chi connectivity index (χ4v) is 6.46. The molecular weight excluding hydrogens is 556 g/mol. The maximum atomic E-state index is 10.9. The van der Waals surface area contributed by atoms with Crippen LogP contribution in [0.3, 0.4) is 0 Å². The SMILES string of the molecule is CCCCCCOc1ccc(C2(c3ccc(OCCOc4ccc(C=O)cc4)cc3)c3ccccc3-c3ccc(C)cc32)cc1. The van der Waals surface area contributed by atoms with E-state index in [1.54, 1.807) is 24.3 Å². The van der Waals surface area contributed by atoms with Crippen molar-refractivity contribution in [3.63, 3.8) is 0 Å². The van der Waals surface area contributed by atoms with Crippen molar-refractivity contribution in [2.75, 3.05) is 19.8 Å². The third kappa shape index (κ3) is 6.23. The number of aldehydes is 1. The van der Waals surface area contributed by atoms with Crippen molar-refractivity contribution in [3.8, 4) is 28.4 Å². The van der Waals surface area contributed by atoms with Gasteiger partial charge in [-0.05, 0) is 95.3 Å². The van der Waals surface area contributed by atoms with Gasteiger partial charge < -0.3 is 14.2 Å².